The van der Waals surface area contributed by atoms with E-state index in [1.165, 1.54) is 19.8 Å². The van der Waals surface area contributed by atoms with Gasteiger partial charge < -0.3 is 15.4 Å². The van der Waals surface area contributed by atoms with Crippen molar-refractivity contribution in [3.05, 3.63) is 0 Å². The SMILES string of the molecule is CC(=O)CCC(=O)NCCSSCCNC1(C)CC1. The van der Waals surface area contributed by atoms with Gasteiger partial charge in [0.1, 0.15) is 5.78 Å². The molecular weight excluding hydrogens is 280 g/mol. The van der Waals surface area contributed by atoms with Crippen LogP contribution in [0.15, 0.2) is 0 Å². The van der Waals surface area contributed by atoms with Crippen LogP contribution in [0, 0.1) is 0 Å². The highest BCUT2D eigenvalue weighted by molar-refractivity contribution is 8.76. The van der Waals surface area contributed by atoms with Gasteiger partial charge in [-0.3, -0.25) is 4.79 Å². The van der Waals surface area contributed by atoms with Crippen molar-refractivity contribution in [3.63, 3.8) is 0 Å². The van der Waals surface area contributed by atoms with Crippen LogP contribution in [-0.4, -0.2) is 41.8 Å². The molecule has 0 saturated heterocycles. The summed E-state index contributed by atoms with van der Waals surface area (Å²) in [7, 11) is 3.63. The molecule has 4 nitrogen and oxygen atoms in total. The van der Waals surface area contributed by atoms with Crippen molar-refractivity contribution < 1.29 is 9.59 Å². The molecule has 1 aliphatic carbocycles. The third-order valence-electron chi connectivity index (χ3n) is 3.03. The second-order valence-electron chi connectivity index (χ2n) is 5.18. The van der Waals surface area contributed by atoms with Crippen LogP contribution in [-0.2, 0) is 9.59 Å². The zero-order chi connectivity index (χ0) is 14.1. The lowest BCUT2D eigenvalue weighted by Crippen LogP contribution is -2.29. The number of carbonyl (C=O) groups is 2. The first-order chi connectivity index (χ1) is 9.02. The predicted molar refractivity (Wildman–Crippen MR) is 83.5 cm³/mol. The topological polar surface area (TPSA) is 58.2 Å². The molecule has 0 unspecified atom stereocenters. The van der Waals surface area contributed by atoms with Gasteiger partial charge in [0, 0.05) is 43.0 Å². The molecule has 0 spiro atoms. The van der Waals surface area contributed by atoms with Crippen molar-refractivity contribution >= 4 is 33.3 Å². The zero-order valence-electron chi connectivity index (χ0n) is 11.8. The molecule has 0 aliphatic heterocycles. The Bertz CT molecular complexity index is 307. The number of rotatable bonds is 11. The largest absolute Gasteiger partial charge is 0.355 e. The lowest BCUT2D eigenvalue weighted by molar-refractivity contribution is -0.124. The molecule has 19 heavy (non-hydrogen) atoms. The summed E-state index contributed by atoms with van der Waals surface area (Å²) in [6.45, 7) is 5.51. The Morgan fingerprint density at radius 2 is 1.74 bits per heavy atom. The third kappa shape index (κ3) is 9.35. The van der Waals surface area contributed by atoms with E-state index in [9.17, 15) is 9.59 Å². The van der Waals surface area contributed by atoms with E-state index in [1.807, 2.05) is 10.8 Å². The molecule has 1 fully saturated rings. The minimum absolute atomic E-state index is 0.0240. The number of nitrogens with one attached hydrogen (secondary N) is 2. The molecule has 0 atom stereocenters. The van der Waals surface area contributed by atoms with Gasteiger partial charge in [-0.1, -0.05) is 21.6 Å². The first-order valence-electron chi connectivity index (χ1n) is 6.77. The molecule has 1 rings (SSSR count). The normalized spacial score (nSPS) is 16.1. The van der Waals surface area contributed by atoms with Crippen LogP contribution in [0.4, 0.5) is 0 Å². The molecule has 1 saturated carbocycles. The third-order valence-corrected chi connectivity index (χ3v) is 5.44. The summed E-state index contributed by atoms with van der Waals surface area (Å²) in [5.41, 5.74) is 0.427. The molecule has 1 amide bonds. The van der Waals surface area contributed by atoms with Gasteiger partial charge in [0.05, 0.1) is 0 Å². The second-order valence-corrected chi connectivity index (χ2v) is 7.89. The molecule has 1 aliphatic rings. The molecule has 110 valence electrons. The summed E-state index contributed by atoms with van der Waals surface area (Å²) in [5.74, 6) is 2.05. The van der Waals surface area contributed by atoms with E-state index in [4.69, 9.17) is 0 Å². The Kier molecular flexibility index (Phi) is 7.87. The van der Waals surface area contributed by atoms with Crippen molar-refractivity contribution in [1.29, 1.82) is 0 Å². The van der Waals surface area contributed by atoms with Crippen LogP contribution in [0.1, 0.15) is 39.5 Å². The fourth-order valence-electron chi connectivity index (χ4n) is 1.49. The molecule has 0 aromatic carbocycles. The van der Waals surface area contributed by atoms with E-state index < -0.39 is 0 Å². The Labute approximate surface area is 123 Å². The lowest BCUT2D eigenvalue weighted by Gasteiger charge is -2.10. The summed E-state index contributed by atoms with van der Waals surface area (Å²) in [6, 6.07) is 0. The molecule has 6 heteroatoms. The molecule has 0 heterocycles. The van der Waals surface area contributed by atoms with Crippen LogP contribution in [0.3, 0.4) is 0 Å². The smallest absolute Gasteiger partial charge is 0.220 e. The van der Waals surface area contributed by atoms with E-state index in [1.54, 1.807) is 10.8 Å². The Morgan fingerprint density at radius 3 is 2.32 bits per heavy atom. The van der Waals surface area contributed by atoms with E-state index in [0.717, 1.165) is 18.1 Å². The van der Waals surface area contributed by atoms with Gasteiger partial charge in [0.15, 0.2) is 0 Å². The maximum Gasteiger partial charge on any atom is 0.220 e. The Hall–Kier alpha value is -0.200. The van der Waals surface area contributed by atoms with Crippen molar-refractivity contribution in [2.24, 2.45) is 0 Å². The highest BCUT2D eigenvalue weighted by Gasteiger charge is 2.35. The predicted octanol–water partition coefficient (Wildman–Crippen LogP) is 2.00. The Morgan fingerprint density at radius 1 is 1.11 bits per heavy atom. The van der Waals surface area contributed by atoms with Gasteiger partial charge in [0.25, 0.3) is 0 Å². The number of amides is 1. The van der Waals surface area contributed by atoms with Crippen molar-refractivity contribution in [2.75, 3.05) is 24.6 Å². The van der Waals surface area contributed by atoms with E-state index in [0.29, 0.717) is 24.9 Å². The quantitative estimate of drug-likeness (QED) is 0.452. The monoisotopic (exact) mass is 304 g/mol. The molecule has 0 radical (unpaired) electrons. The van der Waals surface area contributed by atoms with Gasteiger partial charge in [-0.15, -0.1) is 0 Å². The summed E-state index contributed by atoms with van der Waals surface area (Å²) < 4.78 is 0. The second kappa shape index (κ2) is 8.87. The number of carbonyl (C=O) groups excluding carboxylic acids is 2. The van der Waals surface area contributed by atoms with Gasteiger partial charge in [0.2, 0.25) is 5.91 Å². The molecule has 0 aromatic heterocycles. The van der Waals surface area contributed by atoms with Crippen LogP contribution in [0.5, 0.6) is 0 Å². The summed E-state index contributed by atoms with van der Waals surface area (Å²) in [6.07, 6.45) is 3.27. The molecule has 2 N–H and O–H groups in total. The van der Waals surface area contributed by atoms with Gasteiger partial charge in [-0.25, -0.2) is 0 Å². The van der Waals surface area contributed by atoms with E-state index in [-0.39, 0.29) is 11.7 Å². The summed E-state index contributed by atoms with van der Waals surface area (Å²) >= 11 is 0. The zero-order valence-corrected chi connectivity index (χ0v) is 13.4. The first-order valence-corrected chi connectivity index (χ1v) is 9.26. The van der Waals surface area contributed by atoms with Crippen LogP contribution < -0.4 is 10.6 Å². The van der Waals surface area contributed by atoms with Crippen molar-refractivity contribution in [2.45, 2.75) is 45.1 Å². The first kappa shape index (κ1) is 16.9. The fourth-order valence-corrected chi connectivity index (χ4v) is 3.30. The average Bonchev–Trinajstić information content (AvgIpc) is 3.08. The highest BCUT2D eigenvalue weighted by atomic mass is 33.1. The molecule has 0 bridgehead atoms. The van der Waals surface area contributed by atoms with E-state index in [2.05, 4.69) is 17.6 Å². The number of hydrogen-bond donors (Lipinski definition) is 2. The van der Waals surface area contributed by atoms with Crippen LogP contribution >= 0.6 is 21.6 Å². The highest BCUT2D eigenvalue weighted by Crippen LogP contribution is 2.34. The van der Waals surface area contributed by atoms with Crippen molar-refractivity contribution in [1.82, 2.24) is 10.6 Å². The average molecular weight is 304 g/mol. The van der Waals surface area contributed by atoms with Gasteiger partial charge >= 0.3 is 0 Å². The lowest BCUT2D eigenvalue weighted by atomic mass is 10.2. The van der Waals surface area contributed by atoms with Gasteiger partial charge in [-0.05, 0) is 26.7 Å². The maximum absolute atomic E-state index is 11.3. The minimum Gasteiger partial charge on any atom is -0.355 e. The number of ketones is 1. The fraction of sp³-hybridized carbons (Fsp3) is 0.846. The number of hydrogen-bond acceptors (Lipinski definition) is 5. The molecular formula is C13H24N2O2S2. The van der Waals surface area contributed by atoms with Crippen molar-refractivity contribution in [3.8, 4) is 0 Å². The Balaban J connectivity index is 1.80. The number of Topliss-reactive ketones (excluding diaryl/α,β-unsaturated/α-hetero) is 1. The van der Waals surface area contributed by atoms with E-state index >= 15 is 0 Å². The van der Waals surface area contributed by atoms with Crippen LogP contribution in [0.25, 0.3) is 0 Å². The summed E-state index contributed by atoms with van der Waals surface area (Å²) in [4.78, 5) is 22.0. The molecule has 0 aromatic rings. The summed E-state index contributed by atoms with van der Waals surface area (Å²) in [5, 5.41) is 6.36. The van der Waals surface area contributed by atoms with Crippen LogP contribution in [0.2, 0.25) is 0 Å². The maximum atomic E-state index is 11.3. The standard InChI is InChI=1S/C13H24N2O2S2/c1-11(16)3-4-12(17)14-7-9-18-19-10-8-15-13(2)5-6-13/h15H,3-10H2,1-2H3,(H,14,17). The van der Waals surface area contributed by atoms with Gasteiger partial charge in [-0.2, -0.15) is 0 Å². The minimum atomic E-state index is -0.0240.